The van der Waals surface area contributed by atoms with Gasteiger partial charge in [-0.25, -0.2) is 0 Å². The topological polar surface area (TPSA) is 20.2 Å². The van der Waals surface area contributed by atoms with Gasteiger partial charge in [-0.3, -0.25) is 0 Å². The Morgan fingerprint density at radius 3 is 2.07 bits per heavy atom. The van der Waals surface area contributed by atoms with Crippen molar-refractivity contribution in [3.05, 3.63) is 0 Å². The van der Waals surface area contributed by atoms with E-state index in [1.807, 2.05) is 0 Å². The quantitative estimate of drug-likeness (QED) is 0.480. The largest absolute Gasteiger partial charge is 0.393 e. The summed E-state index contributed by atoms with van der Waals surface area (Å²) in [6.45, 7) is 20.4. The first-order chi connectivity index (χ1) is 12.3. The molecule has 0 aromatic rings. The maximum Gasteiger partial charge on any atom is 0.0576 e. The fraction of sp³-hybridized carbons (Fsp3) is 1.00. The molecule has 1 nitrogen and oxygen atoms in total. The SMILES string of the molecule is CC(C)(C)[C@H]1CC[C@]2(C)[C@H]3C[C@@H](O)[C@@H]4CCC[C@@]4(C)[C@]3(C)CC[C@H]2C1(C)C. The van der Waals surface area contributed by atoms with E-state index in [0.717, 1.165) is 18.3 Å². The minimum Gasteiger partial charge on any atom is -0.393 e. The van der Waals surface area contributed by atoms with Crippen LogP contribution in [-0.4, -0.2) is 11.2 Å². The second-order valence-electron chi connectivity index (χ2n) is 13.6. The molecule has 1 N–H and O–H groups in total. The van der Waals surface area contributed by atoms with E-state index in [9.17, 15) is 5.11 Å². The van der Waals surface area contributed by atoms with Crippen LogP contribution in [0.2, 0.25) is 0 Å². The molecule has 0 amide bonds. The van der Waals surface area contributed by atoms with E-state index in [4.69, 9.17) is 0 Å². The van der Waals surface area contributed by atoms with Crippen molar-refractivity contribution in [1.29, 1.82) is 0 Å². The molecule has 4 rings (SSSR count). The summed E-state index contributed by atoms with van der Waals surface area (Å²) in [4.78, 5) is 0. The minimum absolute atomic E-state index is 0.0606. The van der Waals surface area contributed by atoms with Gasteiger partial charge in [-0.05, 0) is 95.7 Å². The van der Waals surface area contributed by atoms with Gasteiger partial charge in [0.25, 0.3) is 0 Å². The van der Waals surface area contributed by atoms with Crippen LogP contribution in [0.25, 0.3) is 0 Å². The van der Waals surface area contributed by atoms with Crippen molar-refractivity contribution >= 4 is 0 Å². The van der Waals surface area contributed by atoms with E-state index < -0.39 is 0 Å². The van der Waals surface area contributed by atoms with Crippen molar-refractivity contribution in [2.45, 2.75) is 113 Å². The number of fused-ring (bicyclic) bond motifs is 5. The monoisotopic (exact) mass is 374 g/mol. The molecule has 4 saturated carbocycles. The Hall–Kier alpha value is -0.0400. The molecule has 156 valence electrons. The summed E-state index contributed by atoms with van der Waals surface area (Å²) in [6.07, 6.45) is 10.5. The maximum atomic E-state index is 11.2. The zero-order valence-electron chi connectivity index (χ0n) is 19.5. The second kappa shape index (κ2) is 5.77. The summed E-state index contributed by atoms with van der Waals surface area (Å²) in [5.41, 5.74) is 1.96. The molecule has 0 bridgehead atoms. The van der Waals surface area contributed by atoms with Crippen LogP contribution in [0, 0.1) is 50.7 Å². The third-order valence-electron chi connectivity index (χ3n) is 11.4. The third-order valence-corrected chi connectivity index (χ3v) is 11.4. The van der Waals surface area contributed by atoms with Crippen molar-refractivity contribution in [2.75, 3.05) is 0 Å². The van der Waals surface area contributed by atoms with Gasteiger partial charge < -0.3 is 5.11 Å². The Bertz CT molecular complexity index is 600. The Morgan fingerprint density at radius 1 is 0.778 bits per heavy atom. The van der Waals surface area contributed by atoms with Crippen molar-refractivity contribution in [1.82, 2.24) is 0 Å². The fourth-order valence-electron chi connectivity index (χ4n) is 10.2. The lowest BCUT2D eigenvalue weighted by Crippen LogP contribution is -2.65. The van der Waals surface area contributed by atoms with Crippen molar-refractivity contribution in [3.63, 3.8) is 0 Å². The molecule has 0 saturated heterocycles. The molecule has 0 spiro atoms. The van der Waals surface area contributed by atoms with Gasteiger partial charge in [-0.15, -0.1) is 0 Å². The minimum atomic E-state index is -0.0606. The molecule has 0 radical (unpaired) electrons. The predicted octanol–water partition coefficient (Wildman–Crippen LogP) is 7.08. The van der Waals surface area contributed by atoms with Gasteiger partial charge in [0.2, 0.25) is 0 Å². The van der Waals surface area contributed by atoms with Crippen molar-refractivity contribution in [3.8, 4) is 0 Å². The van der Waals surface area contributed by atoms with Crippen LogP contribution in [0.3, 0.4) is 0 Å². The van der Waals surface area contributed by atoms with Crippen molar-refractivity contribution in [2.24, 2.45) is 50.7 Å². The highest BCUT2D eigenvalue weighted by Gasteiger charge is 2.69. The summed E-state index contributed by atoms with van der Waals surface area (Å²) in [5, 5.41) is 11.2. The average Bonchev–Trinajstić information content (AvgIpc) is 2.92. The summed E-state index contributed by atoms with van der Waals surface area (Å²) in [7, 11) is 0. The van der Waals surface area contributed by atoms with Crippen LogP contribution in [0.4, 0.5) is 0 Å². The van der Waals surface area contributed by atoms with E-state index in [0.29, 0.717) is 38.9 Å². The third kappa shape index (κ3) is 2.45. The zero-order chi connectivity index (χ0) is 20.0. The molecule has 1 heteroatoms. The lowest BCUT2D eigenvalue weighted by atomic mass is 9.34. The lowest BCUT2D eigenvalue weighted by Gasteiger charge is -2.71. The molecule has 0 aromatic carbocycles. The molecule has 4 fully saturated rings. The summed E-state index contributed by atoms with van der Waals surface area (Å²) in [6, 6.07) is 0. The normalized spacial score (nSPS) is 54.8. The van der Waals surface area contributed by atoms with Gasteiger partial charge in [-0.1, -0.05) is 61.8 Å². The second-order valence-corrected chi connectivity index (χ2v) is 13.6. The first kappa shape index (κ1) is 20.2. The Morgan fingerprint density at radius 2 is 1.44 bits per heavy atom. The van der Waals surface area contributed by atoms with E-state index in [1.165, 1.54) is 44.9 Å². The standard InChI is InChI=1S/C26H46O/c1-22(2,3)19-11-14-24(6)20(23(19,4)5)12-15-26(8)21(24)16-18(27)17-10-9-13-25(17,26)7/h17-21,27H,9-16H2,1-8H3/t17-,18+,19+,20-,21+,24-,25+,26+/m0/s1. The predicted molar refractivity (Wildman–Crippen MR) is 114 cm³/mol. The molecule has 4 aliphatic rings. The molecule has 8 atom stereocenters. The van der Waals surface area contributed by atoms with Crippen LogP contribution >= 0.6 is 0 Å². The maximum absolute atomic E-state index is 11.2. The van der Waals surface area contributed by atoms with Crippen LogP contribution in [-0.2, 0) is 0 Å². The first-order valence-corrected chi connectivity index (χ1v) is 12.0. The smallest absolute Gasteiger partial charge is 0.0576 e. The van der Waals surface area contributed by atoms with Gasteiger partial charge in [0.1, 0.15) is 0 Å². The highest BCUT2D eigenvalue weighted by atomic mass is 16.3. The lowest BCUT2D eigenvalue weighted by molar-refractivity contribution is -0.237. The number of aliphatic hydroxyl groups is 1. The van der Waals surface area contributed by atoms with E-state index >= 15 is 0 Å². The highest BCUT2D eigenvalue weighted by Crippen LogP contribution is 2.75. The molecule has 0 aliphatic heterocycles. The summed E-state index contributed by atoms with van der Waals surface area (Å²) >= 11 is 0. The Balaban J connectivity index is 1.75. The molecule has 27 heavy (non-hydrogen) atoms. The first-order valence-electron chi connectivity index (χ1n) is 12.0. The van der Waals surface area contributed by atoms with Gasteiger partial charge >= 0.3 is 0 Å². The summed E-state index contributed by atoms with van der Waals surface area (Å²) in [5.74, 6) is 2.85. The highest BCUT2D eigenvalue weighted by molar-refractivity contribution is 5.18. The fourth-order valence-corrected chi connectivity index (χ4v) is 10.2. The van der Waals surface area contributed by atoms with Gasteiger partial charge in [0.15, 0.2) is 0 Å². The number of hydrogen-bond acceptors (Lipinski definition) is 1. The zero-order valence-corrected chi connectivity index (χ0v) is 19.5. The van der Waals surface area contributed by atoms with Crippen LogP contribution in [0.5, 0.6) is 0 Å². The molecule has 0 unspecified atom stereocenters. The van der Waals surface area contributed by atoms with Crippen molar-refractivity contribution < 1.29 is 5.11 Å². The average molecular weight is 375 g/mol. The number of hydrogen-bond donors (Lipinski definition) is 1. The van der Waals surface area contributed by atoms with E-state index in [-0.39, 0.29) is 6.10 Å². The van der Waals surface area contributed by atoms with E-state index in [1.54, 1.807) is 0 Å². The molecule has 4 aliphatic carbocycles. The molecule has 0 aromatic heterocycles. The number of rotatable bonds is 0. The Labute approximate surface area is 169 Å². The molecular formula is C26H46O. The van der Waals surface area contributed by atoms with Crippen LogP contribution < -0.4 is 0 Å². The van der Waals surface area contributed by atoms with Gasteiger partial charge in [0, 0.05) is 0 Å². The molecule has 0 heterocycles. The number of aliphatic hydroxyl groups excluding tert-OH is 1. The van der Waals surface area contributed by atoms with Gasteiger partial charge in [-0.2, -0.15) is 0 Å². The van der Waals surface area contributed by atoms with Crippen LogP contribution in [0.15, 0.2) is 0 Å². The molecular weight excluding hydrogens is 328 g/mol. The Kier molecular flexibility index (Phi) is 4.32. The van der Waals surface area contributed by atoms with Gasteiger partial charge in [0.05, 0.1) is 6.10 Å². The van der Waals surface area contributed by atoms with Crippen LogP contribution in [0.1, 0.15) is 107 Å². The van der Waals surface area contributed by atoms with E-state index in [2.05, 4.69) is 55.4 Å². The summed E-state index contributed by atoms with van der Waals surface area (Å²) < 4.78 is 0.